The summed E-state index contributed by atoms with van der Waals surface area (Å²) in [5, 5.41) is 0. The molecule has 118 valence electrons. The van der Waals surface area contributed by atoms with Gasteiger partial charge >= 0.3 is 6.09 Å². The minimum Gasteiger partial charge on any atom is -0.491 e. The van der Waals surface area contributed by atoms with E-state index in [1.165, 1.54) is 0 Å². The predicted molar refractivity (Wildman–Crippen MR) is 84.4 cm³/mol. The minimum absolute atomic E-state index is 0.221. The van der Waals surface area contributed by atoms with Crippen molar-refractivity contribution >= 4 is 12.4 Å². The molecule has 0 unspecified atom stereocenters. The molecule has 0 bridgehead atoms. The first-order valence-electron chi connectivity index (χ1n) is 7.43. The van der Waals surface area contributed by atoms with Gasteiger partial charge in [-0.05, 0) is 11.6 Å². The number of nitrogens with zero attached hydrogens (tertiary/aromatic N) is 1. The molecule has 23 heavy (non-hydrogen) atoms. The van der Waals surface area contributed by atoms with Crippen LogP contribution in [0.3, 0.4) is 0 Å². The van der Waals surface area contributed by atoms with Crippen molar-refractivity contribution in [1.29, 1.82) is 0 Å². The zero-order valence-corrected chi connectivity index (χ0v) is 12.6. The maximum absolute atomic E-state index is 12.3. The van der Waals surface area contributed by atoms with Crippen LogP contribution in [0.5, 0.6) is 5.75 Å². The van der Waals surface area contributed by atoms with Gasteiger partial charge in [-0.15, -0.1) is 0 Å². The number of rotatable bonds is 3. The first-order chi connectivity index (χ1) is 11.3. The number of carbonyl (C=O) groups is 2. The Balaban J connectivity index is 1.70. The second-order valence-corrected chi connectivity index (χ2v) is 5.25. The monoisotopic (exact) mass is 311 g/mol. The Bertz CT molecular complexity index is 699. The van der Waals surface area contributed by atoms with Crippen LogP contribution in [0.25, 0.3) is 0 Å². The molecule has 0 aromatic heterocycles. The number of hydrogen-bond acceptors (Lipinski definition) is 4. The van der Waals surface area contributed by atoms with E-state index in [2.05, 4.69) is 0 Å². The number of carbonyl (C=O) groups excluding carboxylic acids is 2. The maximum atomic E-state index is 12.3. The first-order valence-corrected chi connectivity index (χ1v) is 7.43. The average Bonchev–Trinajstić information content (AvgIpc) is 2.82. The smallest absolute Gasteiger partial charge is 0.410 e. The molecule has 0 saturated carbocycles. The third-order valence-corrected chi connectivity index (χ3v) is 3.73. The molecule has 2 aromatic rings. The molecule has 5 heteroatoms. The van der Waals surface area contributed by atoms with E-state index in [4.69, 9.17) is 9.47 Å². The standard InChI is InChI=1S/C18H17NO4/c20-12-15-7-4-8-17-16(15)11-19(9-10-22-17)18(21)23-13-14-5-2-1-3-6-14/h1-8,12H,9-11,13H2. The highest BCUT2D eigenvalue weighted by Crippen LogP contribution is 2.26. The maximum Gasteiger partial charge on any atom is 0.410 e. The Morgan fingerprint density at radius 1 is 1.17 bits per heavy atom. The third kappa shape index (κ3) is 3.51. The van der Waals surface area contributed by atoms with Crippen molar-refractivity contribution < 1.29 is 19.1 Å². The molecule has 1 amide bonds. The fraction of sp³-hybridized carbons (Fsp3) is 0.222. The van der Waals surface area contributed by atoms with Crippen molar-refractivity contribution in [2.24, 2.45) is 0 Å². The van der Waals surface area contributed by atoms with Crippen molar-refractivity contribution in [3.63, 3.8) is 0 Å². The van der Waals surface area contributed by atoms with E-state index in [0.717, 1.165) is 17.4 Å². The second kappa shape index (κ2) is 6.96. The Morgan fingerprint density at radius 2 is 2.00 bits per heavy atom. The van der Waals surface area contributed by atoms with E-state index in [-0.39, 0.29) is 6.61 Å². The summed E-state index contributed by atoms with van der Waals surface area (Å²) in [6.07, 6.45) is 0.368. The second-order valence-electron chi connectivity index (χ2n) is 5.25. The van der Waals surface area contributed by atoms with Gasteiger partial charge < -0.3 is 14.4 Å². The van der Waals surface area contributed by atoms with Crippen LogP contribution in [-0.2, 0) is 17.9 Å². The molecular formula is C18H17NO4. The highest BCUT2D eigenvalue weighted by Gasteiger charge is 2.22. The predicted octanol–water partition coefficient (Wildman–Crippen LogP) is 3.03. The molecule has 1 aliphatic rings. The lowest BCUT2D eigenvalue weighted by atomic mass is 10.1. The largest absolute Gasteiger partial charge is 0.491 e. The van der Waals surface area contributed by atoms with E-state index >= 15 is 0 Å². The van der Waals surface area contributed by atoms with Gasteiger partial charge in [-0.1, -0.05) is 42.5 Å². The van der Waals surface area contributed by atoms with Crippen LogP contribution < -0.4 is 4.74 Å². The molecule has 0 spiro atoms. The van der Waals surface area contributed by atoms with E-state index in [0.29, 0.717) is 31.0 Å². The summed E-state index contributed by atoms with van der Waals surface area (Å²) in [6.45, 7) is 1.31. The lowest BCUT2D eigenvalue weighted by molar-refractivity contribution is 0.0911. The molecule has 0 N–H and O–H groups in total. The molecule has 3 rings (SSSR count). The molecule has 1 heterocycles. The van der Waals surface area contributed by atoms with Crippen molar-refractivity contribution in [1.82, 2.24) is 4.90 Å². The summed E-state index contributed by atoms with van der Waals surface area (Å²) >= 11 is 0. The van der Waals surface area contributed by atoms with Gasteiger partial charge in [0.05, 0.1) is 13.1 Å². The summed E-state index contributed by atoms with van der Waals surface area (Å²) in [7, 11) is 0. The summed E-state index contributed by atoms with van der Waals surface area (Å²) < 4.78 is 11.0. The van der Waals surface area contributed by atoms with E-state index in [1.807, 2.05) is 30.3 Å². The summed E-state index contributed by atoms with van der Waals surface area (Å²) in [6, 6.07) is 14.8. The van der Waals surface area contributed by atoms with Crippen LogP contribution in [0.1, 0.15) is 21.5 Å². The van der Waals surface area contributed by atoms with Gasteiger partial charge in [-0.3, -0.25) is 4.79 Å². The van der Waals surface area contributed by atoms with Crippen LogP contribution >= 0.6 is 0 Å². The topological polar surface area (TPSA) is 55.8 Å². The highest BCUT2D eigenvalue weighted by molar-refractivity contribution is 5.79. The number of ether oxygens (including phenoxy) is 2. The Hall–Kier alpha value is -2.82. The zero-order valence-electron chi connectivity index (χ0n) is 12.6. The number of amides is 1. The van der Waals surface area contributed by atoms with E-state index in [1.54, 1.807) is 23.1 Å². The normalized spacial score (nSPS) is 13.5. The van der Waals surface area contributed by atoms with Gasteiger partial charge in [0, 0.05) is 11.1 Å². The van der Waals surface area contributed by atoms with Gasteiger partial charge in [-0.2, -0.15) is 0 Å². The Morgan fingerprint density at radius 3 is 2.78 bits per heavy atom. The average molecular weight is 311 g/mol. The van der Waals surface area contributed by atoms with Crippen molar-refractivity contribution in [3.8, 4) is 5.75 Å². The minimum atomic E-state index is -0.411. The SMILES string of the molecule is O=Cc1cccc2c1CN(C(=O)OCc1ccccc1)CCO2. The molecule has 0 fully saturated rings. The van der Waals surface area contributed by atoms with E-state index in [9.17, 15) is 9.59 Å². The summed E-state index contributed by atoms with van der Waals surface area (Å²) in [4.78, 5) is 25.0. The number of benzene rings is 2. The van der Waals surface area contributed by atoms with Crippen LogP contribution in [0.4, 0.5) is 4.79 Å². The van der Waals surface area contributed by atoms with Gasteiger partial charge in [0.1, 0.15) is 19.0 Å². The number of hydrogen-bond donors (Lipinski definition) is 0. The molecule has 0 saturated heterocycles. The molecule has 0 aliphatic carbocycles. The number of aldehydes is 1. The number of fused-ring (bicyclic) bond motifs is 1. The summed E-state index contributed by atoms with van der Waals surface area (Å²) in [5.41, 5.74) is 2.18. The molecule has 0 atom stereocenters. The Labute approximate surface area is 134 Å². The zero-order chi connectivity index (χ0) is 16.1. The fourth-order valence-corrected chi connectivity index (χ4v) is 2.50. The lowest BCUT2D eigenvalue weighted by Gasteiger charge is -2.19. The third-order valence-electron chi connectivity index (χ3n) is 3.73. The first kappa shape index (κ1) is 15.1. The van der Waals surface area contributed by atoms with Gasteiger partial charge in [0.2, 0.25) is 0 Å². The highest BCUT2D eigenvalue weighted by atomic mass is 16.6. The van der Waals surface area contributed by atoms with Crippen LogP contribution in [0, 0.1) is 0 Å². The van der Waals surface area contributed by atoms with Crippen LogP contribution in [-0.4, -0.2) is 30.4 Å². The quantitative estimate of drug-likeness (QED) is 0.818. The summed E-state index contributed by atoms with van der Waals surface area (Å²) in [5.74, 6) is 0.646. The molecule has 2 aromatic carbocycles. The van der Waals surface area contributed by atoms with Gasteiger partial charge in [-0.25, -0.2) is 4.79 Å². The van der Waals surface area contributed by atoms with E-state index < -0.39 is 6.09 Å². The molecule has 5 nitrogen and oxygen atoms in total. The van der Waals surface area contributed by atoms with Crippen molar-refractivity contribution in [3.05, 3.63) is 65.2 Å². The Kier molecular flexibility index (Phi) is 4.57. The van der Waals surface area contributed by atoms with Crippen LogP contribution in [0.2, 0.25) is 0 Å². The van der Waals surface area contributed by atoms with Crippen LogP contribution in [0.15, 0.2) is 48.5 Å². The molecular weight excluding hydrogens is 294 g/mol. The van der Waals surface area contributed by atoms with Crippen molar-refractivity contribution in [2.45, 2.75) is 13.2 Å². The molecule has 1 aliphatic heterocycles. The van der Waals surface area contributed by atoms with Gasteiger partial charge in [0.15, 0.2) is 6.29 Å². The lowest BCUT2D eigenvalue weighted by Crippen LogP contribution is -2.33. The fourth-order valence-electron chi connectivity index (χ4n) is 2.50. The van der Waals surface area contributed by atoms with Crippen molar-refractivity contribution in [2.75, 3.05) is 13.2 Å². The molecule has 0 radical (unpaired) electrons. The van der Waals surface area contributed by atoms with Gasteiger partial charge in [0.25, 0.3) is 0 Å².